The van der Waals surface area contributed by atoms with Crippen molar-refractivity contribution in [3.05, 3.63) is 35.9 Å². The zero-order valence-electron chi connectivity index (χ0n) is 10.4. The van der Waals surface area contributed by atoms with Crippen LogP contribution in [0.4, 0.5) is 0 Å². The van der Waals surface area contributed by atoms with Gasteiger partial charge in [-0.3, -0.25) is 4.79 Å². The number of ether oxygens (including phenoxy) is 1. The van der Waals surface area contributed by atoms with Crippen molar-refractivity contribution in [1.29, 1.82) is 0 Å². The van der Waals surface area contributed by atoms with E-state index in [4.69, 9.17) is 4.74 Å². The maximum absolute atomic E-state index is 12.0. The van der Waals surface area contributed by atoms with Gasteiger partial charge in [-0.1, -0.05) is 62.9 Å². The van der Waals surface area contributed by atoms with E-state index in [1.807, 2.05) is 30.3 Å². The van der Waals surface area contributed by atoms with E-state index >= 15 is 0 Å². The van der Waals surface area contributed by atoms with Crippen LogP contribution < -0.4 is 0 Å². The normalized spacial score (nSPS) is 22.4. The number of rotatable bonds is 7. The van der Waals surface area contributed by atoms with Crippen molar-refractivity contribution in [2.75, 3.05) is 0 Å². The average molecular weight is 232 g/mol. The number of ketones is 1. The maximum Gasteiger partial charge on any atom is 0.194 e. The molecule has 0 radical (unpaired) electrons. The smallest absolute Gasteiger partial charge is 0.194 e. The highest BCUT2D eigenvalue weighted by molar-refractivity contribution is 6.01. The highest BCUT2D eigenvalue weighted by Gasteiger charge is 2.44. The summed E-state index contributed by atoms with van der Waals surface area (Å²) in [7, 11) is 0. The number of hydrogen-bond acceptors (Lipinski definition) is 2. The van der Waals surface area contributed by atoms with Crippen molar-refractivity contribution in [3.63, 3.8) is 0 Å². The van der Waals surface area contributed by atoms with Gasteiger partial charge in [0.1, 0.15) is 6.10 Å². The molecule has 1 aliphatic rings. The molecule has 0 amide bonds. The van der Waals surface area contributed by atoms with Crippen LogP contribution >= 0.6 is 0 Å². The number of Topliss-reactive ketones (excluding diaryl/α,β-unsaturated/α-hetero) is 1. The van der Waals surface area contributed by atoms with Crippen LogP contribution in [0.25, 0.3) is 0 Å². The molecule has 0 N–H and O–H groups in total. The molecule has 0 aromatic heterocycles. The number of unbranched alkanes of at least 4 members (excludes halogenated alkanes) is 3. The lowest BCUT2D eigenvalue weighted by molar-refractivity contribution is 0.0953. The predicted octanol–water partition coefficient (Wildman–Crippen LogP) is 3.61. The van der Waals surface area contributed by atoms with Gasteiger partial charge in [-0.2, -0.15) is 0 Å². The van der Waals surface area contributed by atoms with Crippen LogP contribution in [0.1, 0.15) is 49.4 Å². The minimum absolute atomic E-state index is 0.145. The predicted molar refractivity (Wildman–Crippen MR) is 68.2 cm³/mol. The van der Waals surface area contributed by atoms with E-state index in [-0.39, 0.29) is 18.0 Å². The zero-order valence-corrected chi connectivity index (χ0v) is 10.4. The van der Waals surface area contributed by atoms with E-state index < -0.39 is 0 Å². The van der Waals surface area contributed by atoms with Gasteiger partial charge in [0.05, 0.1) is 6.10 Å². The Labute approximate surface area is 103 Å². The molecule has 0 spiro atoms. The van der Waals surface area contributed by atoms with E-state index in [0.29, 0.717) is 0 Å². The first-order valence-electron chi connectivity index (χ1n) is 6.57. The fourth-order valence-corrected chi connectivity index (χ4v) is 2.13. The molecule has 1 heterocycles. The summed E-state index contributed by atoms with van der Waals surface area (Å²) < 4.78 is 5.46. The maximum atomic E-state index is 12.0. The van der Waals surface area contributed by atoms with E-state index in [1.54, 1.807) is 0 Å². The summed E-state index contributed by atoms with van der Waals surface area (Å²) in [6.07, 6.45) is 6.00. The second-order valence-electron chi connectivity index (χ2n) is 4.67. The first kappa shape index (κ1) is 12.3. The summed E-state index contributed by atoms with van der Waals surface area (Å²) >= 11 is 0. The van der Waals surface area contributed by atoms with Gasteiger partial charge in [-0.25, -0.2) is 0 Å². The molecule has 1 aromatic carbocycles. The van der Waals surface area contributed by atoms with E-state index in [0.717, 1.165) is 12.0 Å². The monoisotopic (exact) mass is 232 g/mol. The Hall–Kier alpha value is -1.15. The SMILES string of the molecule is CCCCCCC1OC1C(=O)c1ccccc1. The van der Waals surface area contributed by atoms with Gasteiger partial charge in [0.15, 0.2) is 5.78 Å². The van der Waals surface area contributed by atoms with Crippen LogP contribution in [0, 0.1) is 0 Å². The molecule has 1 fully saturated rings. The Kier molecular flexibility index (Phi) is 4.32. The van der Waals surface area contributed by atoms with Crippen molar-refractivity contribution in [2.24, 2.45) is 0 Å². The molecule has 0 aliphatic carbocycles. The molecule has 2 atom stereocenters. The second-order valence-corrected chi connectivity index (χ2v) is 4.67. The molecule has 2 rings (SSSR count). The minimum atomic E-state index is -0.168. The average Bonchev–Trinajstić information content (AvgIpc) is 3.14. The molecule has 1 aromatic rings. The summed E-state index contributed by atoms with van der Waals surface area (Å²) in [6.45, 7) is 2.20. The lowest BCUT2D eigenvalue weighted by atomic mass is 10.0. The zero-order chi connectivity index (χ0) is 12.1. The molecule has 0 bridgehead atoms. The van der Waals surface area contributed by atoms with Crippen LogP contribution in [0.3, 0.4) is 0 Å². The third-order valence-electron chi connectivity index (χ3n) is 3.24. The topological polar surface area (TPSA) is 29.6 Å². The molecule has 2 nitrogen and oxygen atoms in total. The van der Waals surface area contributed by atoms with Gasteiger partial charge in [0, 0.05) is 5.56 Å². The van der Waals surface area contributed by atoms with E-state index in [1.165, 1.54) is 25.7 Å². The van der Waals surface area contributed by atoms with Crippen molar-refractivity contribution in [3.8, 4) is 0 Å². The fourth-order valence-electron chi connectivity index (χ4n) is 2.13. The molecule has 92 valence electrons. The van der Waals surface area contributed by atoms with Crippen molar-refractivity contribution < 1.29 is 9.53 Å². The first-order valence-corrected chi connectivity index (χ1v) is 6.57. The van der Waals surface area contributed by atoms with Crippen molar-refractivity contribution in [2.45, 2.75) is 51.2 Å². The fraction of sp³-hybridized carbons (Fsp3) is 0.533. The summed E-state index contributed by atoms with van der Waals surface area (Å²) in [4.78, 5) is 12.0. The largest absolute Gasteiger partial charge is 0.361 e. The number of carbonyl (C=O) groups is 1. The highest BCUT2D eigenvalue weighted by atomic mass is 16.6. The van der Waals surface area contributed by atoms with Crippen LogP contribution in [-0.2, 0) is 4.74 Å². The molecule has 1 aliphatic heterocycles. The summed E-state index contributed by atoms with van der Waals surface area (Å²) in [5.41, 5.74) is 0.772. The van der Waals surface area contributed by atoms with Gasteiger partial charge in [-0.15, -0.1) is 0 Å². The molecule has 17 heavy (non-hydrogen) atoms. The quantitative estimate of drug-likeness (QED) is 0.408. The Morgan fingerprint density at radius 2 is 1.94 bits per heavy atom. The lowest BCUT2D eigenvalue weighted by Crippen LogP contribution is -2.10. The first-order chi connectivity index (χ1) is 8.33. The van der Waals surface area contributed by atoms with Gasteiger partial charge in [-0.05, 0) is 6.42 Å². The summed E-state index contributed by atoms with van der Waals surface area (Å²) in [5, 5.41) is 0. The Morgan fingerprint density at radius 3 is 2.65 bits per heavy atom. The molecular formula is C15H20O2. The number of hydrogen-bond donors (Lipinski definition) is 0. The molecule has 2 unspecified atom stereocenters. The van der Waals surface area contributed by atoms with Crippen molar-refractivity contribution >= 4 is 5.78 Å². The Balaban J connectivity index is 1.73. The molecule has 1 saturated heterocycles. The second kappa shape index (κ2) is 5.97. The molecule has 0 saturated carbocycles. The third-order valence-corrected chi connectivity index (χ3v) is 3.24. The van der Waals surface area contributed by atoms with Gasteiger partial charge in [0.2, 0.25) is 0 Å². The van der Waals surface area contributed by atoms with Gasteiger partial charge < -0.3 is 4.74 Å². The van der Waals surface area contributed by atoms with Crippen molar-refractivity contribution in [1.82, 2.24) is 0 Å². The molecular weight excluding hydrogens is 212 g/mol. The van der Waals surface area contributed by atoms with Crippen LogP contribution in [-0.4, -0.2) is 18.0 Å². The van der Waals surface area contributed by atoms with E-state index in [9.17, 15) is 4.79 Å². The summed E-state index contributed by atoms with van der Waals surface area (Å²) in [6, 6.07) is 9.43. The van der Waals surface area contributed by atoms with Crippen LogP contribution in [0.5, 0.6) is 0 Å². The number of benzene rings is 1. The van der Waals surface area contributed by atoms with Gasteiger partial charge >= 0.3 is 0 Å². The minimum Gasteiger partial charge on any atom is -0.361 e. The summed E-state index contributed by atoms with van der Waals surface area (Å²) in [5.74, 6) is 0.145. The Morgan fingerprint density at radius 1 is 1.18 bits per heavy atom. The number of epoxide rings is 1. The number of carbonyl (C=O) groups excluding carboxylic acids is 1. The van der Waals surface area contributed by atoms with Crippen LogP contribution in [0.2, 0.25) is 0 Å². The third kappa shape index (κ3) is 3.40. The van der Waals surface area contributed by atoms with E-state index in [2.05, 4.69) is 6.92 Å². The highest BCUT2D eigenvalue weighted by Crippen LogP contribution is 2.30. The van der Waals surface area contributed by atoms with Gasteiger partial charge in [0.25, 0.3) is 0 Å². The Bertz CT molecular complexity index is 358. The standard InChI is InChI=1S/C15H20O2/c1-2-3-4-8-11-13-15(17-13)14(16)12-9-6-5-7-10-12/h5-7,9-10,13,15H,2-4,8,11H2,1H3. The molecule has 2 heteroatoms. The van der Waals surface area contributed by atoms with Crippen LogP contribution in [0.15, 0.2) is 30.3 Å². The lowest BCUT2D eigenvalue weighted by Gasteiger charge is -1.97.